The van der Waals surface area contributed by atoms with Crippen LogP contribution < -0.4 is 9.47 Å². The maximum absolute atomic E-state index is 12.3. The minimum absolute atomic E-state index is 0.0638. The van der Waals surface area contributed by atoms with E-state index in [1.807, 2.05) is 31.2 Å². The Hall–Kier alpha value is -3.98. The Morgan fingerprint density at radius 1 is 1.12 bits per heavy atom. The smallest absolute Gasteiger partial charge is 0.363 e. The molecule has 4 rings (SSSR count). The lowest BCUT2D eigenvalue weighted by Gasteiger charge is -2.14. The third-order valence-corrected chi connectivity index (χ3v) is 5.59. The fourth-order valence-corrected chi connectivity index (χ4v) is 3.79. The molecule has 3 aromatic carbocycles. The summed E-state index contributed by atoms with van der Waals surface area (Å²) in [5.41, 5.74) is 3.33. The first-order valence-electron chi connectivity index (χ1n) is 10.2. The molecule has 172 valence electrons. The van der Waals surface area contributed by atoms with Crippen LogP contribution in [0.4, 0.5) is 5.69 Å². The van der Waals surface area contributed by atoms with Gasteiger partial charge in [-0.1, -0.05) is 29.8 Å². The molecule has 0 radical (unpaired) electrons. The minimum Gasteiger partial charge on any atom is -0.493 e. The Balaban J connectivity index is 1.57. The van der Waals surface area contributed by atoms with Gasteiger partial charge in [0.25, 0.3) is 5.69 Å². The highest BCUT2D eigenvalue weighted by molar-refractivity contribution is 9.10. The molecule has 3 aromatic rings. The lowest BCUT2D eigenvalue weighted by atomic mass is 10.1. The number of ether oxygens (including phenoxy) is 3. The maximum atomic E-state index is 12.3. The summed E-state index contributed by atoms with van der Waals surface area (Å²) in [6.07, 6.45) is 1.57. The molecule has 0 aromatic heterocycles. The number of carbonyl (C=O) groups excluding carboxylic acids is 1. The van der Waals surface area contributed by atoms with E-state index >= 15 is 0 Å². The van der Waals surface area contributed by atoms with Gasteiger partial charge < -0.3 is 14.2 Å². The Kier molecular flexibility index (Phi) is 6.74. The normalized spacial score (nSPS) is 14.0. The molecule has 1 aliphatic heterocycles. The van der Waals surface area contributed by atoms with E-state index in [4.69, 9.17) is 14.2 Å². The number of non-ortho nitro benzene ring substituents is 1. The minimum atomic E-state index is -0.622. The molecule has 0 bridgehead atoms. The monoisotopic (exact) mass is 522 g/mol. The van der Waals surface area contributed by atoms with E-state index < -0.39 is 10.9 Å². The summed E-state index contributed by atoms with van der Waals surface area (Å²) < 4.78 is 17.4. The molecule has 0 saturated carbocycles. The number of nitro groups is 1. The van der Waals surface area contributed by atoms with Crippen molar-refractivity contribution < 1.29 is 23.9 Å². The number of esters is 1. The molecule has 1 aliphatic rings. The Bertz CT molecular complexity index is 1310. The summed E-state index contributed by atoms with van der Waals surface area (Å²) >= 11 is 3.51. The van der Waals surface area contributed by atoms with E-state index in [-0.39, 0.29) is 17.3 Å². The zero-order chi connectivity index (χ0) is 24.2. The standard InChI is InChI=1S/C25H19BrN2O6/c1-15-3-5-16(6-4-15)14-33-23-20(26)11-17(13-22(23)32-2)12-21-25(29)34-24(27-21)18-7-9-19(10-8-18)28(30)31/h3-13H,14H2,1-2H3/b21-12-. The van der Waals surface area contributed by atoms with Crippen LogP contribution in [0, 0.1) is 17.0 Å². The van der Waals surface area contributed by atoms with Gasteiger partial charge in [-0.25, -0.2) is 9.79 Å². The molecule has 0 spiro atoms. The Morgan fingerprint density at radius 3 is 2.47 bits per heavy atom. The van der Waals surface area contributed by atoms with E-state index in [2.05, 4.69) is 20.9 Å². The lowest BCUT2D eigenvalue weighted by molar-refractivity contribution is -0.384. The van der Waals surface area contributed by atoms with Crippen molar-refractivity contribution in [3.63, 3.8) is 0 Å². The fraction of sp³-hybridized carbons (Fsp3) is 0.120. The molecule has 9 heteroatoms. The van der Waals surface area contributed by atoms with Gasteiger partial charge in [0.1, 0.15) is 6.61 Å². The molecule has 8 nitrogen and oxygen atoms in total. The lowest BCUT2D eigenvalue weighted by Crippen LogP contribution is -2.05. The van der Waals surface area contributed by atoms with Gasteiger partial charge >= 0.3 is 5.97 Å². The van der Waals surface area contributed by atoms with E-state index in [0.29, 0.717) is 33.7 Å². The number of benzene rings is 3. The molecule has 0 atom stereocenters. The predicted octanol–water partition coefficient (Wildman–Crippen LogP) is 5.60. The number of cyclic esters (lactones) is 1. The van der Waals surface area contributed by atoms with Crippen molar-refractivity contribution in [1.82, 2.24) is 0 Å². The van der Waals surface area contributed by atoms with E-state index in [9.17, 15) is 14.9 Å². The number of rotatable bonds is 7. The highest BCUT2D eigenvalue weighted by atomic mass is 79.9. The highest BCUT2D eigenvalue weighted by Crippen LogP contribution is 2.38. The van der Waals surface area contributed by atoms with Crippen LogP contribution in [0.5, 0.6) is 11.5 Å². The number of hydrogen-bond acceptors (Lipinski definition) is 7. The summed E-state index contributed by atoms with van der Waals surface area (Å²) in [6, 6.07) is 17.2. The van der Waals surface area contributed by atoms with Crippen molar-refractivity contribution >= 4 is 39.6 Å². The number of nitrogens with zero attached hydrogens (tertiary/aromatic N) is 2. The second-order valence-corrected chi connectivity index (χ2v) is 8.30. The summed E-state index contributed by atoms with van der Waals surface area (Å²) in [5.74, 6) is 0.479. The molecule has 0 fully saturated rings. The van der Waals surface area contributed by atoms with Crippen LogP contribution in [0.25, 0.3) is 6.08 Å². The van der Waals surface area contributed by atoms with Crippen molar-refractivity contribution in [2.75, 3.05) is 7.11 Å². The number of hydrogen-bond donors (Lipinski definition) is 0. The second kappa shape index (κ2) is 9.88. The highest BCUT2D eigenvalue weighted by Gasteiger charge is 2.25. The fourth-order valence-electron chi connectivity index (χ4n) is 3.22. The van der Waals surface area contributed by atoms with Gasteiger partial charge in [-0.05, 0) is 64.3 Å². The topological polar surface area (TPSA) is 100 Å². The van der Waals surface area contributed by atoms with Gasteiger partial charge in [-0.3, -0.25) is 10.1 Å². The molecule has 0 unspecified atom stereocenters. The van der Waals surface area contributed by atoms with Gasteiger partial charge in [-0.2, -0.15) is 0 Å². The number of methoxy groups -OCH3 is 1. The van der Waals surface area contributed by atoms with Gasteiger partial charge in [0.15, 0.2) is 17.2 Å². The Morgan fingerprint density at radius 2 is 1.82 bits per heavy atom. The van der Waals surface area contributed by atoms with Crippen LogP contribution >= 0.6 is 15.9 Å². The van der Waals surface area contributed by atoms with E-state index in [1.54, 1.807) is 18.2 Å². The van der Waals surface area contributed by atoms with Crippen LogP contribution in [0.15, 0.2) is 75.8 Å². The van der Waals surface area contributed by atoms with Crippen LogP contribution in [0.3, 0.4) is 0 Å². The summed E-state index contributed by atoms with van der Waals surface area (Å²) in [5, 5.41) is 10.8. The summed E-state index contributed by atoms with van der Waals surface area (Å²) in [7, 11) is 1.53. The molecule has 0 amide bonds. The number of aliphatic imine (C=N–C) groups is 1. The number of nitro benzene ring substituents is 1. The molecule has 0 aliphatic carbocycles. The quantitative estimate of drug-likeness (QED) is 0.173. The third kappa shape index (κ3) is 5.15. The second-order valence-electron chi connectivity index (χ2n) is 7.45. The van der Waals surface area contributed by atoms with Gasteiger partial charge in [-0.15, -0.1) is 0 Å². The first kappa shape index (κ1) is 23.2. The van der Waals surface area contributed by atoms with E-state index in [0.717, 1.165) is 5.56 Å². The molecule has 0 N–H and O–H groups in total. The molecule has 0 saturated heterocycles. The van der Waals surface area contributed by atoms with Crippen LogP contribution in [0.2, 0.25) is 0 Å². The SMILES string of the molecule is COc1cc(/C=C2\N=C(c3ccc([N+](=O)[O-])cc3)OC2=O)cc(Br)c1OCc1ccc(C)cc1. The maximum Gasteiger partial charge on any atom is 0.363 e. The van der Waals surface area contributed by atoms with Crippen LogP contribution in [-0.4, -0.2) is 23.9 Å². The third-order valence-electron chi connectivity index (χ3n) is 5.00. The zero-order valence-electron chi connectivity index (χ0n) is 18.3. The van der Waals surface area contributed by atoms with Crippen molar-refractivity contribution in [2.45, 2.75) is 13.5 Å². The van der Waals surface area contributed by atoms with Crippen molar-refractivity contribution in [1.29, 1.82) is 0 Å². The van der Waals surface area contributed by atoms with Crippen molar-refractivity contribution in [3.05, 3.63) is 103 Å². The van der Waals surface area contributed by atoms with Gasteiger partial charge in [0, 0.05) is 17.7 Å². The summed E-state index contributed by atoms with van der Waals surface area (Å²) in [4.78, 5) is 26.9. The summed E-state index contributed by atoms with van der Waals surface area (Å²) in [6.45, 7) is 2.39. The number of halogens is 1. The zero-order valence-corrected chi connectivity index (χ0v) is 19.9. The first-order chi connectivity index (χ1) is 16.3. The van der Waals surface area contributed by atoms with Gasteiger partial charge in [0.05, 0.1) is 16.5 Å². The predicted molar refractivity (Wildman–Crippen MR) is 130 cm³/mol. The van der Waals surface area contributed by atoms with Crippen molar-refractivity contribution in [3.8, 4) is 11.5 Å². The molecule has 34 heavy (non-hydrogen) atoms. The molecular formula is C25H19BrN2O6. The van der Waals surface area contributed by atoms with Crippen LogP contribution in [-0.2, 0) is 16.1 Å². The largest absolute Gasteiger partial charge is 0.493 e. The average molecular weight is 523 g/mol. The van der Waals surface area contributed by atoms with Crippen molar-refractivity contribution in [2.24, 2.45) is 4.99 Å². The first-order valence-corrected chi connectivity index (χ1v) is 11.0. The van der Waals surface area contributed by atoms with E-state index in [1.165, 1.54) is 36.9 Å². The average Bonchev–Trinajstić information content (AvgIpc) is 3.19. The van der Waals surface area contributed by atoms with Crippen LogP contribution in [0.1, 0.15) is 22.3 Å². The Labute approximate surface area is 203 Å². The number of aryl methyl sites for hydroxylation is 1. The molecule has 1 heterocycles. The number of carbonyl (C=O) groups is 1. The molecular weight excluding hydrogens is 504 g/mol. The van der Waals surface area contributed by atoms with Gasteiger partial charge in [0.2, 0.25) is 5.90 Å².